The molecular weight excluding hydrogens is 390 g/mol. The third-order valence-corrected chi connectivity index (χ3v) is 4.41. The number of fused-ring (bicyclic) bond motifs is 1. The Balaban J connectivity index is 1.38. The van der Waals surface area contributed by atoms with Crippen LogP contribution >= 0.6 is 0 Å². The molecule has 0 aromatic heterocycles. The van der Waals surface area contributed by atoms with Crippen LogP contribution in [0.3, 0.4) is 0 Å². The highest BCUT2D eigenvalue weighted by molar-refractivity contribution is 5.98. The molecule has 8 nitrogen and oxygen atoms in total. The van der Waals surface area contributed by atoms with Crippen LogP contribution in [0, 0.1) is 0 Å². The first-order chi connectivity index (χ1) is 14.5. The minimum atomic E-state index is -0.613. The Kier molecular flexibility index (Phi) is 7.26. The van der Waals surface area contributed by atoms with Gasteiger partial charge in [0.2, 0.25) is 0 Å². The molecule has 0 radical (unpaired) electrons. The third-order valence-electron chi connectivity index (χ3n) is 4.41. The number of methoxy groups -OCH3 is 1. The van der Waals surface area contributed by atoms with Crippen LogP contribution in [0.4, 0.5) is 0 Å². The zero-order chi connectivity index (χ0) is 21.3. The average molecular weight is 413 g/mol. The summed E-state index contributed by atoms with van der Waals surface area (Å²) < 4.78 is 20.9. The van der Waals surface area contributed by atoms with Gasteiger partial charge in [0, 0.05) is 18.5 Å². The summed E-state index contributed by atoms with van der Waals surface area (Å²) in [6.45, 7) is 0.785. The summed E-state index contributed by atoms with van der Waals surface area (Å²) in [6, 6.07) is 12.2. The molecule has 0 atom stereocenters. The predicted molar refractivity (Wildman–Crippen MR) is 107 cm³/mol. The van der Waals surface area contributed by atoms with Crippen molar-refractivity contribution in [2.45, 2.75) is 19.4 Å². The van der Waals surface area contributed by atoms with Gasteiger partial charge < -0.3 is 24.3 Å². The van der Waals surface area contributed by atoms with Crippen LogP contribution in [0.2, 0.25) is 0 Å². The number of rotatable bonds is 9. The standard InChI is InChI=1S/C22H23NO7/c1-27-17-4-2-3-15(11-17)13-23-21(25)14-30-22(26)8-6-18(24)16-5-7-19-20(12-16)29-10-9-28-19/h2-5,7,11-12H,6,8-10,13-14H2,1H3,(H,23,25). The summed E-state index contributed by atoms with van der Waals surface area (Å²) in [5, 5.41) is 2.66. The SMILES string of the molecule is COc1cccc(CNC(=O)COC(=O)CCC(=O)c2ccc3c(c2)OCCO3)c1. The fourth-order valence-corrected chi connectivity index (χ4v) is 2.83. The maximum atomic E-state index is 12.3. The predicted octanol–water partition coefficient (Wildman–Crippen LogP) is 2.29. The van der Waals surface area contributed by atoms with Crippen LogP contribution in [-0.2, 0) is 20.9 Å². The second kappa shape index (κ2) is 10.3. The number of esters is 1. The van der Waals surface area contributed by atoms with E-state index < -0.39 is 18.5 Å². The largest absolute Gasteiger partial charge is 0.497 e. The van der Waals surface area contributed by atoms with Gasteiger partial charge in [0.15, 0.2) is 23.9 Å². The van der Waals surface area contributed by atoms with E-state index in [0.717, 1.165) is 5.56 Å². The molecular formula is C22H23NO7. The highest BCUT2D eigenvalue weighted by Crippen LogP contribution is 2.31. The second-order valence-corrected chi connectivity index (χ2v) is 6.57. The minimum absolute atomic E-state index is 0.0239. The van der Waals surface area contributed by atoms with Crippen molar-refractivity contribution in [1.29, 1.82) is 0 Å². The first kappa shape index (κ1) is 21.2. The third kappa shape index (κ3) is 5.97. The van der Waals surface area contributed by atoms with E-state index in [2.05, 4.69) is 5.32 Å². The first-order valence-corrected chi connectivity index (χ1v) is 9.53. The lowest BCUT2D eigenvalue weighted by Gasteiger charge is -2.18. The van der Waals surface area contributed by atoms with Crippen LogP contribution in [0.15, 0.2) is 42.5 Å². The van der Waals surface area contributed by atoms with Crippen LogP contribution in [-0.4, -0.2) is 44.6 Å². The quantitative estimate of drug-likeness (QED) is 0.497. The number of benzene rings is 2. The Hall–Kier alpha value is -3.55. The van der Waals surface area contributed by atoms with E-state index in [1.807, 2.05) is 12.1 Å². The molecule has 2 aromatic rings. The van der Waals surface area contributed by atoms with Crippen LogP contribution in [0.25, 0.3) is 0 Å². The topological polar surface area (TPSA) is 100 Å². The number of nitrogens with one attached hydrogen (secondary N) is 1. The van der Waals surface area contributed by atoms with Gasteiger partial charge in [-0.15, -0.1) is 0 Å². The van der Waals surface area contributed by atoms with E-state index in [4.69, 9.17) is 18.9 Å². The molecule has 1 aliphatic rings. The van der Waals surface area contributed by atoms with Crippen molar-refractivity contribution in [1.82, 2.24) is 5.32 Å². The van der Waals surface area contributed by atoms with Crippen molar-refractivity contribution < 1.29 is 33.3 Å². The Labute approximate surface area is 174 Å². The number of carbonyl (C=O) groups excluding carboxylic acids is 3. The number of Topliss-reactive ketones (excluding diaryl/α,β-unsaturated/α-hetero) is 1. The Morgan fingerprint density at radius 3 is 2.60 bits per heavy atom. The van der Waals surface area contributed by atoms with Gasteiger partial charge in [0.1, 0.15) is 19.0 Å². The molecule has 30 heavy (non-hydrogen) atoms. The summed E-state index contributed by atoms with van der Waals surface area (Å²) in [5.41, 5.74) is 1.29. The monoisotopic (exact) mass is 413 g/mol. The van der Waals surface area contributed by atoms with Crippen molar-refractivity contribution in [2.24, 2.45) is 0 Å². The summed E-state index contributed by atoms with van der Waals surface area (Å²) in [5.74, 6) is 0.545. The van der Waals surface area contributed by atoms with E-state index in [1.165, 1.54) is 0 Å². The summed E-state index contributed by atoms with van der Waals surface area (Å²) in [6.07, 6.45) is -0.139. The molecule has 1 aliphatic heterocycles. The van der Waals surface area contributed by atoms with E-state index in [-0.39, 0.29) is 25.2 Å². The maximum Gasteiger partial charge on any atom is 0.306 e. The summed E-state index contributed by atoms with van der Waals surface area (Å²) in [7, 11) is 1.57. The highest BCUT2D eigenvalue weighted by atomic mass is 16.6. The van der Waals surface area contributed by atoms with E-state index in [1.54, 1.807) is 37.4 Å². The number of hydrogen-bond donors (Lipinski definition) is 1. The van der Waals surface area contributed by atoms with Gasteiger partial charge in [-0.2, -0.15) is 0 Å². The van der Waals surface area contributed by atoms with Gasteiger partial charge in [0.25, 0.3) is 5.91 Å². The van der Waals surface area contributed by atoms with E-state index in [9.17, 15) is 14.4 Å². The van der Waals surface area contributed by atoms with Crippen molar-refractivity contribution in [3.05, 3.63) is 53.6 Å². The van der Waals surface area contributed by atoms with Gasteiger partial charge >= 0.3 is 5.97 Å². The molecule has 0 spiro atoms. The average Bonchev–Trinajstić information content (AvgIpc) is 2.79. The lowest BCUT2D eigenvalue weighted by molar-refractivity contribution is -0.148. The van der Waals surface area contributed by atoms with Crippen LogP contribution < -0.4 is 19.5 Å². The lowest BCUT2D eigenvalue weighted by atomic mass is 10.1. The highest BCUT2D eigenvalue weighted by Gasteiger charge is 2.16. The molecule has 3 rings (SSSR count). The molecule has 1 heterocycles. The molecule has 0 unspecified atom stereocenters. The molecule has 1 amide bonds. The number of amides is 1. The molecule has 8 heteroatoms. The summed E-state index contributed by atoms with van der Waals surface area (Å²) >= 11 is 0. The van der Waals surface area contributed by atoms with Crippen LogP contribution in [0.5, 0.6) is 17.2 Å². The summed E-state index contributed by atoms with van der Waals surface area (Å²) in [4.78, 5) is 36.0. The first-order valence-electron chi connectivity index (χ1n) is 9.53. The zero-order valence-electron chi connectivity index (χ0n) is 16.6. The Bertz CT molecular complexity index is 925. The Morgan fingerprint density at radius 2 is 1.80 bits per heavy atom. The molecule has 0 saturated carbocycles. The van der Waals surface area contributed by atoms with E-state index >= 15 is 0 Å². The zero-order valence-corrected chi connectivity index (χ0v) is 16.6. The van der Waals surface area contributed by atoms with Crippen molar-refractivity contribution >= 4 is 17.7 Å². The fourth-order valence-electron chi connectivity index (χ4n) is 2.83. The Morgan fingerprint density at radius 1 is 1.00 bits per heavy atom. The second-order valence-electron chi connectivity index (χ2n) is 6.57. The van der Waals surface area contributed by atoms with Gasteiger partial charge in [-0.25, -0.2) is 0 Å². The number of ether oxygens (including phenoxy) is 4. The fraction of sp³-hybridized carbons (Fsp3) is 0.318. The molecule has 1 N–H and O–H groups in total. The van der Waals surface area contributed by atoms with Gasteiger partial charge in [-0.05, 0) is 35.9 Å². The number of hydrogen-bond acceptors (Lipinski definition) is 7. The van der Waals surface area contributed by atoms with Gasteiger partial charge in [0.05, 0.1) is 13.5 Å². The minimum Gasteiger partial charge on any atom is -0.497 e. The molecule has 0 fully saturated rings. The molecule has 0 saturated heterocycles. The number of carbonyl (C=O) groups is 3. The number of ketones is 1. The van der Waals surface area contributed by atoms with Crippen molar-refractivity contribution in [3.63, 3.8) is 0 Å². The molecule has 158 valence electrons. The lowest BCUT2D eigenvalue weighted by Crippen LogP contribution is -2.28. The van der Waals surface area contributed by atoms with E-state index in [0.29, 0.717) is 36.0 Å². The normalized spacial score (nSPS) is 12.0. The van der Waals surface area contributed by atoms with Crippen molar-refractivity contribution in [3.8, 4) is 17.2 Å². The molecule has 0 bridgehead atoms. The van der Waals surface area contributed by atoms with Crippen molar-refractivity contribution in [2.75, 3.05) is 26.9 Å². The smallest absolute Gasteiger partial charge is 0.306 e. The molecule has 0 aliphatic carbocycles. The van der Waals surface area contributed by atoms with Gasteiger partial charge in [-0.3, -0.25) is 14.4 Å². The van der Waals surface area contributed by atoms with Crippen LogP contribution in [0.1, 0.15) is 28.8 Å². The maximum absolute atomic E-state index is 12.3. The van der Waals surface area contributed by atoms with Gasteiger partial charge in [-0.1, -0.05) is 12.1 Å². The molecule has 2 aromatic carbocycles.